The summed E-state index contributed by atoms with van der Waals surface area (Å²) in [7, 11) is 0. The van der Waals surface area contributed by atoms with Gasteiger partial charge in [0.25, 0.3) is 5.91 Å². The van der Waals surface area contributed by atoms with Crippen molar-refractivity contribution in [2.24, 2.45) is 5.16 Å². The topological polar surface area (TPSA) is 60.4 Å². The fraction of sp³-hybridized carbons (Fsp3) is 0.529. The number of hydrogen-bond acceptors (Lipinski definition) is 5. The molecule has 1 atom stereocenters. The third-order valence-electron chi connectivity index (χ3n) is 4.77. The van der Waals surface area contributed by atoms with Crippen LogP contribution in [0.4, 0.5) is 4.39 Å². The first kappa shape index (κ1) is 15.5. The number of carbonyl (C=O) groups excluding carboxylic acids is 1. The lowest BCUT2D eigenvalue weighted by atomic mass is 10.0. The number of halogens is 1. The molecule has 6 nitrogen and oxygen atoms in total. The van der Waals surface area contributed by atoms with Crippen LogP contribution in [0.15, 0.2) is 29.4 Å². The lowest BCUT2D eigenvalue weighted by molar-refractivity contribution is -0.189. The Bertz CT molecular complexity index is 645. The van der Waals surface area contributed by atoms with Gasteiger partial charge in [-0.3, -0.25) is 4.79 Å². The molecule has 128 valence electrons. The zero-order chi connectivity index (χ0) is 16.6. The zero-order valence-electron chi connectivity index (χ0n) is 13.2. The molecule has 24 heavy (non-hydrogen) atoms. The molecule has 4 rings (SSSR count). The quantitative estimate of drug-likeness (QED) is 0.826. The predicted octanol–water partition coefficient (Wildman–Crippen LogP) is 1.68. The van der Waals surface area contributed by atoms with E-state index in [-0.39, 0.29) is 11.7 Å². The van der Waals surface area contributed by atoms with Crippen molar-refractivity contribution in [3.63, 3.8) is 0 Å². The summed E-state index contributed by atoms with van der Waals surface area (Å²) in [6, 6.07) is 6.03. The molecular formula is C17H19FN2O4. The number of piperidine rings is 1. The van der Waals surface area contributed by atoms with Crippen molar-refractivity contribution in [2.75, 3.05) is 26.3 Å². The predicted molar refractivity (Wildman–Crippen MR) is 82.9 cm³/mol. The largest absolute Gasteiger partial charge is 0.382 e. The summed E-state index contributed by atoms with van der Waals surface area (Å²) in [4.78, 5) is 19.7. The van der Waals surface area contributed by atoms with Crippen molar-refractivity contribution in [3.05, 3.63) is 35.6 Å². The molecule has 0 unspecified atom stereocenters. The molecule has 0 radical (unpaired) electrons. The molecule has 1 spiro atoms. The number of carbonyl (C=O) groups is 1. The van der Waals surface area contributed by atoms with Gasteiger partial charge in [-0.05, 0) is 17.7 Å². The molecule has 0 aliphatic carbocycles. The molecular weight excluding hydrogens is 315 g/mol. The zero-order valence-corrected chi connectivity index (χ0v) is 13.2. The molecule has 2 fully saturated rings. The summed E-state index contributed by atoms with van der Waals surface area (Å²) < 4.78 is 24.3. The van der Waals surface area contributed by atoms with Gasteiger partial charge in [-0.1, -0.05) is 17.3 Å². The van der Waals surface area contributed by atoms with Gasteiger partial charge in [-0.15, -0.1) is 0 Å². The minimum absolute atomic E-state index is 0.0660. The number of rotatable bonds is 2. The van der Waals surface area contributed by atoms with Gasteiger partial charge in [-0.25, -0.2) is 4.39 Å². The number of benzene rings is 1. The molecule has 0 aromatic heterocycles. The van der Waals surface area contributed by atoms with Crippen LogP contribution in [0.25, 0.3) is 0 Å². The number of hydrogen-bond donors (Lipinski definition) is 0. The highest BCUT2D eigenvalue weighted by Crippen LogP contribution is 2.32. The van der Waals surface area contributed by atoms with E-state index in [0.717, 1.165) is 5.56 Å². The van der Waals surface area contributed by atoms with Crippen LogP contribution in [0.3, 0.4) is 0 Å². The summed E-state index contributed by atoms with van der Waals surface area (Å²) in [5.41, 5.74) is 1.45. The average molecular weight is 334 g/mol. The molecule has 1 amide bonds. The molecule has 0 bridgehead atoms. The van der Waals surface area contributed by atoms with Gasteiger partial charge >= 0.3 is 0 Å². The fourth-order valence-corrected chi connectivity index (χ4v) is 3.38. The van der Waals surface area contributed by atoms with E-state index in [9.17, 15) is 9.18 Å². The highest BCUT2D eigenvalue weighted by Gasteiger charge is 2.42. The molecule has 0 N–H and O–H groups in total. The molecule has 1 aromatic rings. The second kappa shape index (κ2) is 6.14. The van der Waals surface area contributed by atoms with Crippen LogP contribution >= 0.6 is 0 Å². The Morgan fingerprint density at radius 1 is 1.17 bits per heavy atom. The standard InChI is InChI=1S/C17H19FN2O4/c18-13-3-1-12(2-4-13)14-11-15(24-19-14)16(21)20-7-5-17(6-8-20)22-9-10-23-17/h1-4,15H,5-11H2/t15-/m1/s1. The van der Waals surface area contributed by atoms with Gasteiger partial charge in [0.1, 0.15) is 5.82 Å². The molecule has 7 heteroatoms. The molecule has 2 saturated heterocycles. The van der Waals surface area contributed by atoms with E-state index in [1.807, 2.05) is 0 Å². The Hall–Kier alpha value is -1.99. The summed E-state index contributed by atoms with van der Waals surface area (Å²) in [5, 5.41) is 4.00. The Morgan fingerprint density at radius 2 is 1.83 bits per heavy atom. The van der Waals surface area contributed by atoms with Crippen molar-refractivity contribution in [1.82, 2.24) is 4.90 Å². The van der Waals surface area contributed by atoms with Crippen molar-refractivity contribution < 1.29 is 23.5 Å². The van der Waals surface area contributed by atoms with Gasteiger partial charge < -0.3 is 19.2 Å². The molecule has 3 aliphatic heterocycles. The van der Waals surface area contributed by atoms with Gasteiger partial charge in [0.05, 0.1) is 18.9 Å². The van der Waals surface area contributed by atoms with Gasteiger partial charge in [-0.2, -0.15) is 0 Å². The van der Waals surface area contributed by atoms with Crippen molar-refractivity contribution in [2.45, 2.75) is 31.2 Å². The molecule has 3 aliphatic rings. The van der Waals surface area contributed by atoms with Crippen LogP contribution in [0.2, 0.25) is 0 Å². The highest BCUT2D eigenvalue weighted by molar-refractivity contribution is 6.04. The van der Waals surface area contributed by atoms with Gasteiger partial charge in [0, 0.05) is 32.4 Å². The number of ether oxygens (including phenoxy) is 2. The van der Waals surface area contributed by atoms with Crippen LogP contribution in [0.1, 0.15) is 24.8 Å². The Morgan fingerprint density at radius 3 is 2.50 bits per heavy atom. The van der Waals surface area contributed by atoms with Crippen molar-refractivity contribution >= 4 is 11.6 Å². The van der Waals surface area contributed by atoms with E-state index in [1.165, 1.54) is 12.1 Å². The smallest absolute Gasteiger partial charge is 0.266 e. The number of amides is 1. The third kappa shape index (κ3) is 2.89. The Kier molecular flexibility index (Phi) is 3.97. The van der Waals surface area contributed by atoms with E-state index < -0.39 is 11.9 Å². The highest BCUT2D eigenvalue weighted by atomic mass is 19.1. The Labute approximate surface area is 139 Å². The lowest BCUT2D eigenvalue weighted by Crippen LogP contribution is -2.50. The Balaban J connectivity index is 1.34. The number of likely N-dealkylation sites (tertiary alicyclic amines) is 1. The third-order valence-corrected chi connectivity index (χ3v) is 4.77. The molecule has 0 saturated carbocycles. The molecule has 1 aromatic carbocycles. The second-order valence-corrected chi connectivity index (χ2v) is 6.28. The number of oxime groups is 1. The first-order chi connectivity index (χ1) is 11.7. The average Bonchev–Trinajstić information content (AvgIpc) is 3.26. The minimum atomic E-state index is -0.607. The van der Waals surface area contributed by atoms with E-state index >= 15 is 0 Å². The summed E-state index contributed by atoms with van der Waals surface area (Å²) in [6.07, 6.45) is 1.15. The first-order valence-corrected chi connectivity index (χ1v) is 8.21. The van der Waals surface area contributed by atoms with Gasteiger partial charge in [0.15, 0.2) is 5.79 Å². The maximum atomic E-state index is 13.0. The first-order valence-electron chi connectivity index (χ1n) is 8.21. The minimum Gasteiger partial charge on any atom is -0.382 e. The lowest BCUT2D eigenvalue weighted by Gasteiger charge is -2.38. The normalized spacial score (nSPS) is 25.6. The van der Waals surface area contributed by atoms with Crippen molar-refractivity contribution in [1.29, 1.82) is 0 Å². The van der Waals surface area contributed by atoms with E-state index in [4.69, 9.17) is 14.3 Å². The summed E-state index contributed by atoms with van der Waals surface area (Å²) >= 11 is 0. The van der Waals surface area contributed by atoms with Crippen LogP contribution < -0.4 is 0 Å². The SMILES string of the molecule is O=C([C@H]1CC(c2ccc(F)cc2)=NO1)N1CCC2(CC1)OCCO2. The fourth-order valence-electron chi connectivity index (χ4n) is 3.38. The van der Waals surface area contributed by atoms with Crippen molar-refractivity contribution in [3.8, 4) is 0 Å². The van der Waals surface area contributed by atoms with E-state index in [2.05, 4.69) is 5.16 Å². The van der Waals surface area contributed by atoms with Gasteiger partial charge in [0.2, 0.25) is 6.10 Å². The van der Waals surface area contributed by atoms with E-state index in [1.54, 1.807) is 17.0 Å². The molecule has 3 heterocycles. The van der Waals surface area contributed by atoms with Crippen LogP contribution in [0.5, 0.6) is 0 Å². The summed E-state index contributed by atoms with van der Waals surface area (Å²) in [5.74, 6) is -0.864. The second-order valence-electron chi connectivity index (χ2n) is 6.28. The van der Waals surface area contributed by atoms with Crippen LogP contribution in [0, 0.1) is 5.82 Å². The van der Waals surface area contributed by atoms with E-state index in [0.29, 0.717) is 51.3 Å². The maximum absolute atomic E-state index is 13.0. The summed E-state index contributed by atoms with van der Waals surface area (Å²) in [6.45, 7) is 2.41. The monoisotopic (exact) mass is 334 g/mol. The van der Waals surface area contributed by atoms with Crippen LogP contribution in [-0.4, -0.2) is 54.7 Å². The maximum Gasteiger partial charge on any atom is 0.266 e. The van der Waals surface area contributed by atoms with Crippen LogP contribution in [-0.2, 0) is 19.1 Å². The number of nitrogens with zero attached hydrogens (tertiary/aromatic N) is 2.